The summed E-state index contributed by atoms with van der Waals surface area (Å²) in [6.45, 7) is 12.9. The highest BCUT2D eigenvalue weighted by Crippen LogP contribution is 2.06. The van der Waals surface area contributed by atoms with Crippen LogP contribution in [0.5, 0.6) is 0 Å². The van der Waals surface area contributed by atoms with Crippen molar-refractivity contribution in [2.75, 3.05) is 26.2 Å². The van der Waals surface area contributed by atoms with E-state index in [9.17, 15) is 9.59 Å². The van der Waals surface area contributed by atoms with Crippen molar-refractivity contribution < 1.29 is 9.53 Å². The molecular formula is C21H38IN5O3. The second kappa shape index (κ2) is 15.1. The van der Waals surface area contributed by atoms with E-state index in [4.69, 9.17) is 4.74 Å². The summed E-state index contributed by atoms with van der Waals surface area (Å²) in [6.07, 6.45) is 2.17. The summed E-state index contributed by atoms with van der Waals surface area (Å²) in [5, 5.41) is 9.25. The predicted octanol–water partition coefficient (Wildman–Crippen LogP) is 3.02. The van der Waals surface area contributed by atoms with Crippen LogP contribution in [0.1, 0.15) is 52.7 Å². The Morgan fingerprint density at radius 3 is 2.43 bits per heavy atom. The number of unbranched alkanes of at least 4 members (excludes halogenated alkanes) is 1. The standard InChI is InChI=1S/C21H37N5O3.HI/c1-6-22-19(24-14-10-15-25-20(28)29-21(3,4)5)23-13-7-8-16-26-17(2)11-9-12-18(26)27;/h9,11-12H,6-8,10,13-16H2,1-5H3,(H,25,28)(H2,22,23,24);1H. The highest BCUT2D eigenvalue weighted by molar-refractivity contribution is 14.0. The van der Waals surface area contributed by atoms with Crippen molar-refractivity contribution in [2.45, 2.75) is 66.0 Å². The number of ether oxygens (including phenoxy) is 1. The Morgan fingerprint density at radius 1 is 1.10 bits per heavy atom. The molecule has 0 aliphatic rings. The van der Waals surface area contributed by atoms with Gasteiger partial charge in [0.15, 0.2) is 5.96 Å². The number of alkyl carbamates (subject to hydrolysis) is 1. The van der Waals surface area contributed by atoms with Gasteiger partial charge in [0, 0.05) is 44.5 Å². The molecule has 0 atom stereocenters. The zero-order valence-electron chi connectivity index (χ0n) is 18.9. The Labute approximate surface area is 197 Å². The lowest BCUT2D eigenvalue weighted by Gasteiger charge is -2.19. The van der Waals surface area contributed by atoms with Crippen LogP contribution in [0.3, 0.4) is 0 Å². The largest absolute Gasteiger partial charge is 0.444 e. The maximum absolute atomic E-state index is 11.9. The number of aromatic nitrogens is 1. The molecule has 0 spiro atoms. The van der Waals surface area contributed by atoms with Crippen molar-refractivity contribution >= 4 is 36.0 Å². The fourth-order valence-corrected chi connectivity index (χ4v) is 2.63. The molecule has 0 aliphatic heterocycles. The number of amides is 1. The molecule has 1 aromatic rings. The molecule has 1 aromatic heterocycles. The number of nitrogens with zero attached hydrogens (tertiary/aromatic N) is 2. The van der Waals surface area contributed by atoms with Gasteiger partial charge in [0.1, 0.15) is 5.60 Å². The smallest absolute Gasteiger partial charge is 0.407 e. The third-order valence-corrected chi connectivity index (χ3v) is 3.99. The van der Waals surface area contributed by atoms with Crippen molar-refractivity contribution in [1.82, 2.24) is 20.5 Å². The molecule has 0 unspecified atom stereocenters. The first-order chi connectivity index (χ1) is 13.7. The van der Waals surface area contributed by atoms with E-state index in [-0.39, 0.29) is 29.5 Å². The normalized spacial score (nSPS) is 11.4. The molecule has 30 heavy (non-hydrogen) atoms. The molecule has 1 amide bonds. The number of nitrogens with one attached hydrogen (secondary N) is 3. The van der Waals surface area contributed by atoms with Gasteiger partial charge in [-0.05, 0) is 59.9 Å². The van der Waals surface area contributed by atoms with E-state index in [0.29, 0.717) is 13.1 Å². The monoisotopic (exact) mass is 535 g/mol. The van der Waals surface area contributed by atoms with E-state index in [1.165, 1.54) is 0 Å². The third-order valence-electron chi connectivity index (χ3n) is 3.99. The molecule has 9 heteroatoms. The van der Waals surface area contributed by atoms with E-state index in [1.54, 1.807) is 16.7 Å². The fourth-order valence-electron chi connectivity index (χ4n) is 2.63. The van der Waals surface area contributed by atoms with Gasteiger partial charge < -0.3 is 25.3 Å². The lowest BCUT2D eigenvalue weighted by Crippen LogP contribution is -2.38. The average Bonchev–Trinajstić information content (AvgIpc) is 2.61. The molecule has 0 aromatic carbocycles. The SMILES string of the molecule is CCNC(=NCCCNC(=O)OC(C)(C)C)NCCCCn1c(C)cccc1=O.I. The summed E-state index contributed by atoms with van der Waals surface area (Å²) in [4.78, 5) is 28.0. The number of rotatable bonds is 10. The highest BCUT2D eigenvalue weighted by atomic mass is 127. The topological polar surface area (TPSA) is 96.8 Å². The highest BCUT2D eigenvalue weighted by Gasteiger charge is 2.15. The quantitative estimate of drug-likeness (QED) is 0.185. The van der Waals surface area contributed by atoms with Gasteiger partial charge in [0.05, 0.1) is 0 Å². The summed E-state index contributed by atoms with van der Waals surface area (Å²) in [5.41, 5.74) is 0.547. The van der Waals surface area contributed by atoms with Crippen molar-refractivity contribution in [3.8, 4) is 0 Å². The lowest BCUT2D eigenvalue weighted by molar-refractivity contribution is 0.0527. The third kappa shape index (κ3) is 12.7. The Balaban J connectivity index is 0.00000841. The molecule has 0 saturated heterocycles. The van der Waals surface area contributed by atoms with Gasteiger partial charge in [0.2, 0.25) is 0 Å². The molecular weight excluding hydrogens is 497 g/mol. The average molecular weight is 535 g/mol. The summed E-state index contributed by atoms with van der Waals surface area (Å²) in [6, 6.07) is 5.34. The number of carbonyl (C=O) groups is 1. The van der Waals surface area contributed by atoms with Crippen molar-refractivity contribution in [3.63, 3.8) is 0 Å². The first kappa shape index (κ1) is 28.2. The van der Waals surface area contributed by atoms with Gasteiger partial charge in [-0.3, -0.25) is 9.79 Å². The molecule has 172 valence electrons. The molecule has 0 radical (unpaired) electrons. The molecule has 3 N–H and O–H groups in total. The Hall–Kier alpha value is -1.78. The van der Waals surface area contributed by atoms with Crippen LogP contribution in [0.2, 0.25) is 0 Å². The van der Waals surface area contributed by atoms with Crippen LogP contribution in [-0.2, 0) is 11.3 Å². The van der Waals surface area contributed by atoms with Crippen LogP contribution in [0.25, 0.3) is 0 Å². The van der Waals surface area contributed by atoms with Crippen molar-refractivity contribution in [3.05, 3.63) is 34.2 Å². The molecule has 0 saturated carbocycles. The maximum atomic E-state index is 11.9. The Kier molecular flexibility index (Phi) is 14.2. The van der Waals surface area contributed by atoms with Gasteiger partial charge in [-0.1, -0.05) is 6.07 Å². The number of halogens is 1. The van der Waals surface area contributed by atoms with Crippen LogP contribution < -0.4 is 21.5 Å². The van der Waals surface area contributed by atoms with E-state index in [1.807, 2.05) is 40.7 Å². The van der Waals surface area contributed by atoms with Crippen LogP contribution in [0.15, 0.2) is 28.0 Å². The minimum atomic E-state index is -0.489. The number of hydrogen-bond donors (Lipinski definition) is 3. The van der Waals surface area contributed by atoms with Gasteiger partial charge in [-0.15, -0.1) is 24.0 Å². The first-order valence-electron chi connectivity index (χ1n) is 10.4. The molecule has 0 aliphatic carbocycles. The summed E-state index contributed by atoms with van der Waals surface area (Å²) < 4.78 is 7.00. The molecule has 0 bridgehead atoms. The number of pyridine rings is 1. The summed E-state index contributed by atoms with van der Waals surface area (Å²) in [7, 11) is 0. The zero-order chi connectivity index (χ0) is 21.7. The number of aryl methyl sites for hydroxylation is 1. The Morgan fingerprint density at radius 2 is 1.80 bits per heavy atom. The van der Waals surface area contributed by atoms with E-state index in [0.717, 1.165) is 50.6 Å². The van der Waals surface area contributed by atoms with E-state index in [2.05, 4.69) is 20.9 Å². The van der Waals surface area contributed by atoms with Crippen molar-refractivity contribution in [1.29, 1.82) is 0 Å². The fraction of sp³-hybridized carbons (Fsp3) is 0.667. The summed E-state index contributed by atoms with van der Waals surface area (Å²) in [5.74, 6) is 0.762. The number of aliphatic imine (C=N–C) groups is 1. The van der Waals surface area contributed by atoms with Crippen LogP contribution >= 0.6 is 24.0 Å². The second-order valence-corrected chi connectivity index (χ2v) is 7.83. The summed E-state index contributed by atoms with van der Waals surface area (Å²) >= 11 is 0. The molecule has 1 rings (SSSR count). The Bertz CT molecular complexity index is 713. The predicted molar refractivity (Wildman–Crippen MR) is 133 cm³/mol. The van der Waals surface area contributed by atoms with Crippen LogP contribution in [0, 0.1) is 6.92 Å². The van der Waals surface area contributed by atoms with Gasteiger partial charge in [-0.2, -0.15) is 0 Å². The number of hydrogen-bond acceptors (Lipinski definition) is 4. The van der Waals surface area contributed by atoms with E-state index < -0.39 is 11.7 Å². The minimum absolute atomic E-state index is 0. The lowest BCUT2D eigenvalue weighted by atomic mass is 10.2. The van der Waals surface area contributed by atoms with Crippen molar-refractivity contribution in [2.24, 2.45) is 4.99 Å². The molecule has 8 nitrogen and oxygen atoms in total. The van der Waals surface area contributed by atoms with Gasteiger partial charge in [0.25, 0.3) is 5.56 Å². The zero-order valence-corrected chi connectivity index (χ0v) is 21.2. The van der Waals surface area contributed by atoms with Crippen LogP contribution in [0.4, 0.5) is 4.79 Å². The van der Waals surface area contributed by atoms with E-state index >= 15 is 0 Å². The van der Waals surface area contributed by atoms with Gasteiger partial charge >= 0.3 is 6.09 Å². The minimum Gasteiger partial charge on any atom is -0.444 e. The second-order valence-electron chi connectivity index (χ2n) is 7.83. The molecule has 0 fully saturated rings. The van der Waals surface area contributed by atoms with Gasteiger partial charge in [-0.25, -0.2) is 4.79 Å². The first-order valence-corrected chi connectivity index (χ1v) is 10.4. The maximum Gasteiger partial charge on any atom is 0.407 e. The van der Waals surface area contributed by atoms with Crippen LogP contribution in [-0.4, -0.2) is 48.4 Å². The molecule has 1 heterocycles. The number of guanidine groups is 1. The number of carbonyl (C=O) groups excluding carboxylic acids is 1.